The summed E-state index contributed by atoms with van der Waals surface area (Å²) >= 11 is 7.84. The molecule has 0 radical (unpaired) electrons. The summed E-state index contributed by atoms with van der Waals surface area (Å²) in [4.78, 5) is 11.3. The molecular formula is C25H24ClF3N6O3S2. The number of hydrogen-bond donors (Lipinski definition) is 1. The Labute approximate surface area is 237 Å². The van der Waals surface area contributed by atoms with E-state index in [0.717, 1.165) is 0 Å². The van der Waals surface area contributed by atoms with Crippen molar-refractivity contribution in [3.63, 3.8) is 0 Å². The smallest absolute Gasteiger partial charge is 0.333 e. The van der Waals surface area contributed by atoms with Gasteiger partial charge in [-0.3, -0.25) is 4.99 Å². The molecule has 1 N–H and O–H groups in total. The summed E-state index contributed by atoms with van der Waals surface area (Å²) in [5.41, 5.74) is 2.06. The second kappa shape index (κ2) is 10.9. The third kappa shape index (κ3) is 5.18. The molecule has 2 aromatic heterocycles. The molecule has 40 heavy (non-hydrogen) atoms. The second-order valence-corrected chi connectivity index (χ2v) is 13.0. The molecule has 3 aliphatic rings. The Morgan fingerprint density at radius 3 is 2.70 bits per heavy atom. The second-order valence-electron chi connectivity index (χ2n) is 9.69. The van der Waals surface area contributed by atoms with Crippen LogP contribution in [-0.4, -0.2) is 65.0 Å². The van der Waals surface area contributed by atoms with E-state index in [0.29, 0.717) is 64.0 Å². The maximum absolute atomic E-state index is 14.0. The maximum Gasteiger partial charge on any atom is 0.333 e. The number of sulfonamides is 1. The molecule has 0 unspecified atom stereocenters. The fourth-order valence-electron chi connectivity index (χ4n) is 5.38. The van der Waals surface area contributed by atoms with Gasteiger partial charge >= 0.3 is 6.55 Å². The number of rotatable bonds is 7. The SMILES string of the molecule is O=S(=O)(N[C@H]1CC2=C(c3cnn(C(F)F)c3)[C@H](c3ccc(F)cc3Cl)N=C(c3nccs3)N2C1)C1CCOCC1. The van der Waals surface area contributed by atoms with Crippen LogP contribution in [0.3, 0.4) is 0 Å². The van der Waals surface area contributed by atoms with Crippen LogP contribution < -0.4 is 4.72 Å². The average Bonchev–Trinajstić information content (AvgIpc) is 3.69. The standard InChI is InChI=1S/C25H24ClF3N6O3S2/c26-19-9-15(27)1-2-18(19)22-21(14-11-31-35(12-14)25(28)29)20-10-16(33-40(36,37)17-3-6-38-7-4-17)13-34(20)23(32-22)24-30-5-8-39-24/h1-2,5,8-9,11-12,16-17,22,25,33H,3-4,6-7,10,13H2/t16-,22-/m0/s1. The van der Waals surface area contributed by atoms with E-state index in [4.69, 9.17) is 21.3 Å². The number of aromatic nitrogens is 3. The fraction of sp³-hybridized carbons (Fsp3) is 0.400. The first kappa shape index (κ1) is 27.4. The predicted octanol–water partition coefficient (Wildman–Crippen LogP) is 4.61. The van der Waals surface area contributed by atoms with Crippen molar-refractivity contribution in [2.75, 3.05) is 19.8 Å². The molecule has 0 amide bonds. The number of thiazole rings is 1. The summed E-state index contributed by atoms with van der Waals surface area (Å²) in [6.45, 7) is -1.84. The molecule has 3 aromatic rings. The van der Waals surface area contributed by atoms with Crippen molar-refractivity contribution in [2.24, 2.45) is 4.99 Å². The number of benzene rings is 1. The van der Waals surface area contributed by atoms with Crippen molar-refractivity contribution in [2.45, 2.75) is 43.1 Å². The molecule has 5 heterocycles. The number of nitrogens with one attached hydrogen (secondary N) is 1. The van der Waals surface area contributed by atoms with E-state index in [1.165, 1.54) is 41.9 Å². The number of amidine groups is 1. The molecule has 2 atom stereocenters. The zero-order valence-electron chi connectivity index (χ0n) is 20.9. The van der Waals surface area contributed by atoms with Crippen molar-refractivity contribution < 1.29 is 26.3 Å². The van der Waals surface area contributed by atoms with Gasteiger partial charge in [-0.15, -0.1) is 11.3 Å². The Bertz CT molecular complexity index is 1570. The monoisotopic (exact) mass is 612 g/mol. The summed E-state index contributed by atoms with van der Waals surface area (Å²) in [6, 6.07) is 2.62. The van der Waals surface area contributed by atoms with Gasteiger partial charge in [0, 0.05) is 71.9 Å². The third-order valence-corrected chi connectivity index (χ3v) is 10.3. The molecule has 6 rings (SSSR count). The fourth-order valence-corrected chi connectivity index (χ4v) is 7.92. The van der Waals surface area contributed by atoms with Gasteiger partial charge in [-0.1, -0.05) is 17.7 Å². The van der Waals surface area contributed by atoms with Crippen LogP contribution in [0.2, 0.25) is 5.02 Å². The Kier molecular flexibility index (Phi) is 7.46. The van der Waals surface area contributed by atoms with Crippen molar-refractivity contribution >= 4 is 44.4 Å². The summed E-state index contributed by atoms with van der Waals surface area (Å²) in [6.07, 6.45) is 5.25. The number of aliphatic imine (C=N–C) groups is 1. The summed E-state index contributed by atoms with van der Waals surface area (Å²) in [7, 11) is -3.66. The zero-order chi connectivity index (χ0) is 28.0. The van der Waals surface area contributed by atoms with Gasteiger partial charge in [-0.05, 0) is 30.5 Å². The van der Waals surface area contributed by atoms with Crippen LogP contribution >= 0.6 is 22.9 Å². The van der Waals surface area contributed by atoms with Crippen molar-refractivity contribution in [1.29, 1.82) is 0 Å². The highest BCUT2D eigenvalue weighted by molar-refractivity contribution is 7.90. The number of fused-ring (bicyclic) bond motifs is 1. The first-order valence-corrected chi connectivity index (χ1v) is 15.4. The topological polar surface area (TPSA) is 102 Å². The van der Waals surface area contributed by atoms with Crippen LogP contribution in [0.4, 0.5) is 13.2 Å². The van der Waals surface area contributed by atoms with Crippen LogP contribution in [0.25, 0.3) is 5.57 Å². The van der Waals surface area contributed by atoms with Gasteiger partial charge in [0.1, 0.15) is 11.9 Å². The van der Waals surface area contributed by atoms with Crippen molar-refractivity contribution in [3.8, 4) is 0 Å². The van der Waals surface area contributed by atoms with E-state index in [1.54, 1.807) is 11.6 Å². The van der Waals surface area contributed by atoms with E-state index >= 15 is 0 Å². The van der Waals surface area contributed by atoms with Gasteiger partial charge in [0.05, 0.1) is 11.4 Å². The van der Waals surface area contributed by atoms with E-state index in [2.05, 4.69) is 14.8 Å². The van der Waals surface area contributed by atoms with Gasteiger partial charge < -0.3 is 9.64 Å². The molecule has 2 fully saturated rings. The molecule has 3 aliphatic heterocycles. The highest BCUT2D eigenvalue weighted by Crippen LogP contribution is 2.46. The van der Waals surface area contributed by atoms with Gasteiger partial charge in [-0.2, -0.15) is 13.9 Å². The predicted molar refractivity (Wildman–Crippen MR) is 144 cm³/mol. The lowest BCUT2D eigenvalue weighted by Gasteiger charge is -2.32. The molecule has 15 heteroatoms. The van der Waals surface area contributed by atoms with Gasteiger partial charge in [0.2, 0.25) is 10.0 Å². The molecular weight excluding hydrogens is 589 g/mol. The summed E-state index contributed by atoms with van der Waals surface area (Å²) in [5.74, 6) is -0.0355. The molecule has 0 saturated carbocycles. The van der Waals surface area contributed by atoms with Gasteiger partial charge in [-0.25, -0.2) is 27.2 Å². The zero-order valence-corrected chi connectivity index (χ0v) is 23.3. The van der Waals surface area contributed by atoms with Crippen LogP contribution in [-0.2, 0) is 14.8 Å². The summed E-state index contributed by atoms with van der Waals surface area (Å²) in [5, 5.41) is 5.77. The van der Waals surface area contributed by atoms with E-state index in [1.807, 2.05) is 4.90 Å². The van der Waals surface area contributed by atoms with Gasteiger partial charge in [0.25, 0.3) is 0 Å². The van der Waals surface area contributed by atoms with Crippen molar-refractivity contribution in [3.05, 3.63) is 74.8 Å². The molecule has 0 spiro atoms. The molecule has 9 nitrogen and oxygen atoms in total. The van der Waals surface area contributed by atoms with Crippen molar-refractivity contribution in [1.82, 2.24) is 24.4 Å². The Morgan fingerprint density at radius 1 is 1.23 bits per heavy atom. The molecule has 2 saturated heterocycles. The highest BCUT2D eigenvalue weighted by Gasteiger charge is 2.42. The molecule has 0 bridgehead atoms. The highest BCUT2D eigenvalue weighted by atomic mass is 35.5. The lowest BCUT2D eigenvalue weighted by atomic mass is 9.91. The normalized spacial score (nSPS) is 22.2. The van der Waals surface area contributed by atoms with Crippen LogP contribution in [0, 0.1) is 5.82 Å². The Morgan fingerprint density at radius 2 is 2.02 bits per heavy atom. The third-order valence-electron chi connectivity index (χ3n) is 7.19. The number of halogens is 4. The number of ether oxygens (including phenoxy) is 1. The molecule has 1 aromatic carbocycles. The largest absolute Gasteiger partial charge is 0.381 e. The van der Waals surface area contributed by atoms with E-state index < -0.39 is 39.7 Å². The number of nitrogens with zero attached hydrogens (tertiary/aromatic N) is 5. The Hall–Kier alpha value is -2.78. The summed E-state index contributed by atoms with van der Waals surface area (Å²) < 4.78 is 76.3. The van der Waals surface area contributed by atoms with Crippen LogP contribution in [0.5, 0.6) is 0 Å². The quantitative estimate of drug-likeness (QED) is 0.418. The van der Waals surface area contributed by atoms with Crippen LogP contribution in [0.1, 0.15) is 48.0 Å². The van der Waals surface area contributed by atoms with Crippen LogP contribution in [0.15, 0.2) is 52.9 Å². The lowest BCUT2D eigenvalue weighted by Crippen LogP contribution is -2.44. The maximum atomic E-state index is 14.0. The number of alkyl halides is 2. The first-order chi connectivity index (χ1) is 19.2. The minimum Gasteiger partial charge on any atom is -0.381 e. The average molecular weight is 613 g/mol. The first-order valence-electron chi connectivity index (χ1n) is 12.6. The minimum atomic E-state index is -3.66. The number of hydrogen-bond acceptors (Lipinski definition) is 8. The molecule has 0 aliphatic carbocycles. The Balaban J connectivity index is 1.47. The van der Waals surface area contributed by atoms with E-state index in [-0.39, 0.29) is 18.0 Å². The minimum absolute atomic E-state index is 0.120. The van der Waals surface area contributed by atoms with E-state index in [9.17, 15) is 21.6 Å². The van der Waals surface area contributed by atoms with Gasteiger partial charge in [0.15, 0.2) is 10.8 Å². The lowest BCUT2D eigenvalue weighted by molar-refractivity contribution is 0.0566. The molecule has 212 valence electrons.